The number of carbonyl (C=O) groups excluding carboxylic acids is 1. The van der Waals surface area contributed by atoms with Crippen LogP contribution < -0.4 is 10.4 Å². The average molecular weight is 335 g/mol. The summed E-state index contributed by atoms with van der Waals surface area (Å²) in [5.41, 5.74) is 4.86. The highest BCUT2D eigenvalue weighted by Crippen LogP contribution is 2.23. The van der Waals surface area contributed by atoms with Gasteiger partial charge in [0.15, 0.2) is 0 Å². The maximum absolute atomic E-state index is 13.4. The van der Waals surface area contributed by atoms with Crippen LogP contribution in [0.5, 0.6) is 0 Å². The number of benzene rings is 1. The molecule has 1 aliphatic rings. The number of hydrogen-bond donors (Lipinski definition) is 1. The summed E-state index contributed by atoms with van der Waals surface area (Å²) in [6, 6.07) is 7.90. The fourth-order valence-electron chi connectivity index (χ4n) is 2.59. The topological polar surface area (TPSA) is 45.2 Å². The zero-order valence-electron chi connectivity index (χ0n) is 14.1. The third kappa shape index (κ3) is 3.76. The average Bonchev–Trinajstić information content (AvgIpc) is 2.86. The van der Waals surface area contributed by atoms with E-state index in [2.05, 4.69) is 28.8 Å². The molecule has 0 bridgehead atoms. The molecule has 3 rings (SSSR count). The van der Waals surface area contributed by atoms with Crippen LogP contribution in [0, 0.1) is 17.7 Å². The van der Waals surface area contributed by atoms with Gasteiger partial charge in [-0.05, 0) is 43.7 Å². The van der Waals surface area contributed by atoms with Crippen molar-refractivity contribution >= 4 is 17.8 Å². The van der Waals surface area contributed by atoms with Gasteiger partial charge in [-0.1, -0.05) is 30.6 Å². The Morgan fingerprint density at radius 2 is 2.12 bits per heavy atom. The molecule has 0 radical (unpaired) electrons. The van der Waals surface area contributed by atoms with E-state index in [-0.39, 0.29) is 17.3 Å². The molecule has 1 saturated heterocycles. The van der Waals surface area contributed by atoms with Gasteiger partial charge >= 0.3 is 0 Å². The quantitative estimate of drug-likeness (QED) is 0.857. The number of nitrogens with one attached hydrogen (secondary N) is 1. The lowest BCUT2D eigenvalue weighted by Gasteiger charge is -2.20. The van der Waals surface area contributed by atoms with Crippen molar-refractivity contribution in [2.75, 3.05) is 5.01 Å². The summed E-state index contributed by atoms with van der Waals surface area (Å²) in [6.07, 6.45) is 3.65. The number of aromatic nitrogens is 1. The molecule has 1 aliphatic heterocycles. The Morgan fingerprint density at radius 3 is 2.72 bits per heavy atom. The van der Waals surface area contributed by atoms with Crippen molar-refractivity contribution in [2.45, 2.75) is 25.8 Å². The molecule has 1 fully saturated rings. The molecular weight excluding hydrogens is 317 g/mol. The number of nitrogens with zero attached hydrogens (tertiary/aromatic N) is 2. The molecule has 2 aromatic rings. The first kappa shape index (κ1) is 16.9. The van der Waals surface area contributed by atoms with Crippen LogP contribution in [0.25, 0.3) is 6.08 Å². The molecule has 25 heavy (non-hydrogen) atoms. The largest absolute Gasteiger partial charge is 0.273 e. The zero-order valence-corrected chi connectivity index (χ0v) is 14.1. The standard InChI is InChI=1S/C20H18FN3O/c1-4-15-8-9-17(21)11-16(15)7-5-14-6-10-18(22-13-14)24-19(25)12-20(2,3)23-24/h4,6,8-11,13,23H,1,12H2,2-3H3. The minimum Gasteiger partial charge on any atom is -0.273 e. The molecule has 4 nitrogen and oxygen atoms in total. The number of anilines is 1. The Labute approximate surface area is 146 Å². The predicted octanol–water partition coefficient (Wildman–Crippen LogP) is 3.28. The van der Waals surface area contributed by atoms with E-state index in [1.807, 2.05) is 13.8 Å². The number of pyridine rings is 1. The summed E-state index contributed by atoms with van der Waals surface area (Å²) < 4.78 is 13.4. The number of halogens is 1. The molecule has 1 aromatic carbocycles. The highest BCUT2D eigenvalue weighted by Gasteiger charge is 2.36. The van der Waals surface area contributed by atoms with Gasteiger partial charge < -0.3 is 0 Å². The summed E-state index contributed by atoms with van der Waals surface area (Å²) in [5.74, 6) is 6.05. The minimum absolute atomic E-state index is 0.0216. The Hall–Kier alpha value is -2.97. The summed E-state index contributed by atoms with van der Waals surface area (Å²) in [5, 5.41) is 1.46. The molecule has 1 N–H and O–H groups in total. The van der Waals surface area contributed by atoms with E-state index >= 15 is 0 Å². The lowest BCUT2D eigenvalue weighted by molar-refractivity contribution is -0.117. The van der Waals surface area contributed by atoms with Crippen molar-refractivity contribution in [3.05, 3.63) is 65.6 Å². The fraction of sp³-hybridized carbons (Fsp3) is 0.200. The smallest absolute Gasteiger partial charge is 0.244 e. The first-order valence-electron chi connectivity index (χ1n) is 7.89. The third-order valence-corrected chi connectivity index (χ3v) is 3.81. The number of rotatable bonds is 2. The molecule has 1 amide bonds. The van der Waals surface area contributed by atoms with Gasteiger partial charge in [-0.15, -0.1) is 0 Å². The summed E-state index contributed by atoms with van der Waals surface area (Å²) >= 11 is 0. The Balaban J connectivity index is 1.82. The van der Waals surface area contributed by atoms with Gasteiger partial charge in [-0.3, -0.25) is 4.79 Å². The van der Waals surface area contributed by atoms with Gasteiger partial charge in [0.05, 0.1) is 0 Å². The molecular formula is C20H18FN3O. The molecule has 0 atom stereocenters. The molecule has 2 heterocycles. The normalized spacial score (nSPS) is 15.6. The third-order valence-electron chi connectivity index (χ3n) is 3.81. The molecule has 0 spiro atoms. The Bertz CT molecular complexity index is 891. The zero-order chi connectivity index (χ0) is 18.0. The molecule has 0 aliphatic carbocycles. The van der Waals surface area contributed by atoms with E-state index in [1.54, 1.807) is 30.5 Å². The van der Waals surface area contributed by atoms with Crippen LogP contribution in [0.1, 0.15) is 37.0 Å². The number of amides is 1. The van der Waals surface area contributed by atoms with Crippen LogP contribution in [0.15, 0.2) is 43.1 Å². The predicted molar refractivity (Wildman–Crippen MR) is 96.0 cm³/mol. The van der Waals surface area contributed by atoms with Crippen molar-refractivity contribution in [3.63, 3.8) is 0 Å². The lowest BCUT2D eigenvalue weighted by atomic mass is 10.0. The molecule has 5 heteroatoms. The second kappa shape index (κ2) is 6.50. The molecule has 0 unspecified atom stereocenters. The van der Waals surface area contributed by atoms with Gasteiger partial charge in [0.2, 0.25) is 5.91 Å². The van der Waals surface area contributed by atoms with Crippen molar-refractivity contribution < 1.29 is 9.18 Å². The van der Waals surface area contributed by atoms with Crippen LogP contribution >= 0.6 is 0 Å². The fourth-order valence-corrected chi connectivity index (χ4v) is 2.59. The van der Waals surface area contributed by atoms with E-state index in [0.717, 1.165) is 5.56 Å². The Kier molecular flexibility index (Phi) is 4.39. The molecule has 1 aromatic heterocycles. The van der Waals surface area contributed by atoms with Crippen molar-refractivity contribution in [1.29, 1.82) is 0 Å². The van der Waals surface area contributed by atoms with E-state index < -0.39 is 0 Å². The van der Waals surface area contributed by atoms with Crippen molar-refractivity contribution in [3.8, 4) is 11.8 Å². The Morgan fingerprint density at radius 1 is 1.32 bits per heavy atom. The van der Waals surface area contributed by atoms with Crippen LogP contribution in [0.4, 0.5) is 10.2 Å². The van der Waals surface area contributed by atoms with Gasteiger partial charge in [0.1, 0.15) is 11.6 Å². The van der Waals surface area contributed by atoms with Crippen LogP contribution in [-0.4, -0.2) is 16.4 Å². The van der Waals surface area contributed by atoms with Crippen LogP contribution in [-0.2, 0) is 4.79 Å². The molecule has 126 valence electrons. The number of hydrogen-bond acceptors (Lipinski definition) is 3. The molecule has 0 saturated carbocycles. The van der Waals surface area contributed by atoms with Crippen molar-refractivity contribution in [2.24, 2.45) is 0 Å². The van der Waals surface area contributed by atoms with Crippen LogP contribution in [0.3, 0.4) is 0 Å². The number of hydrazine groups is 1. The maximum Gasteiger partial charge on any atom is 0.244 e. The van der Waals surface area contributed by atoms with Crippen LogP contribution in [0.2, 0.25) is 0 Å². The van der Waals surface area contributed by atoms with E-state index in [0.29, 0.717) is 23.4 Å². The van der Waals surface area contributed by atoms with Gasteiger partial charge in [0.25, 0.3) is 0 Å². The second-order valence-electron chi connectivity index (χ2n) is 6.49. The first-order chi connectivity index (χ1) is 11.9. The van der Waals surface area contributed by atoms with E-state index in [4.69, 9.17) is 0 Å². The number of carbonyl (C=O) groups is 1. The first-order valence-corrected chi connectivity index (χ1v) is 7.89. The van der Waals surface area contributed by atoms with Gasteiger partial charge in [-0.25, -0.2) is 19.8 Å². The van der Waals surface area contributed by atoms with E-state index in [9.17, 15) is 9.18 Å². The monoisotopic (exact) mass is 335 g/mol. The van der Waals surface area contributed by atoms with E-state index in [1.165, 1.54) is 17.1 Å². The summed E-state index contributed by atoms with van der Waals surface area (Å²) in [7, 11) is 0. The highest BCUT2D eigenvalue weighted by atomic mass is 19.1. The summed E-state index contributed by atoms with van der Waals surface area (Å²) in [4.78, 5) is 16.3. The summed E-state index contributed by atoms with van der Waals surface area (Å²) in [6.45, 7) is 7.62. The van der Waals surface area contributed by atoms with Crippen molar-refractivity contribution in [1.82, 2.24) is 10.4 Å². The maximum atomic E-state index is 13.4. The van der Waals surface area contributed by atoms with Gasteiger partial charge in [-0.2, -0.15) is 0 Å². The second-order valence-corrected chi connectivity index (χ2v) is 6.49. The van der Waals surface area contributed by atoms with Gasteiger partial charge in [0, 0.05) is 29.3 Å². The SMILES string of the molecule is C=Cc1ccc(F)cc1C#Cc1ccc(N2NC(C)(C)CC2=O)nc1. The lowest BCUT2D eigenvalue weighted by Crippen LogP contribution is -2.42. The minimum atomic E-state index is -0.343. The highest BCUT2D eigenvalue weighted by molar-refractivity contribution is 5.94.